The lowest BCUT2D eigenvalue weighted by atomic mass is 10.0. The highest BCUT2D eigenvalue weighted by molar-refractivity contribution is 5.85. The van der Waals surface area contributed by atoms with Crippen molar-refractivity contribution >= 4 is 11.9 Å². The van der Waals surface area contributed by atoms with E-state index >= 15 is 0 Å². The predicted octanol–water partition coefficient (Wildman–Crippen LogP) is 1.35. The standard InChI is InChI=1S/C12H19NO3/c1-3-10(12(15)16)13(2)11(14)9-5-7-4-8(7)6-9/h7-10H,3-6H2,1-2H3,(H,15,16). The van der Waals surface area contributed by atoms with Gasteiger partial charge in [0.2, 0.25) is 5.91 Å². The van der Waals surface area contributed by atoms with Gasteiger partial charge in [-0.05, 0) is 37.5 Å². The molecule has 0 bridgehead atoms. The Morgan fingerprint density at radius 3 is 2.31 bits per heavy atom. The first-order chi connectivity index (χ1) is 7.54. The fraction of sp³-hybridized carbons (Fsp3) is 0.833. The fourth-order valence-electron chi connectivity index (χ4n) is 2.97. The van der Waals surface area contributed by atoms with Crippen LogP contribution in [0.1, 0.15) is 32.6 Å². The van der Waals surface area contributed by atoms with Crippen molar-refractivity contribution in [2.45, 2.75) is 38.6 Å². The van der Waals surface area contributed by atoms with Gasteiger partial charge >= 0.3 is 5.97 Å². The van der Waals surface area contributed by atoms with Gasteiger partial charge in [0.05, 0.1) is 0 Å². The van der Waals surface area contributed by atoms with Crippen molar-refractivity contribution in [2.75, 3.05) is 7.05 Å². The lowest BCUT2D eigenvalue weighted by Crippen LogP contribution is -2.44. The van der Waals surface area contributed by atoms with Gasteiger partial charge in [0.25, 0.3) is 0 Å². The monoisotopic (exact) mass is 225 g/mol. The van der Waals surface area contributed by atoms with E-state index in [9.17, 15) is 9.59 Å². The Kier molecular flexibility index (Phi) is 2.91. The van der Waals surface area contributed by atoms with Crippen LogP contribution in [-0.2, 0) is 9.59 Å². The first-order valence-electron chi connectivity index (χ1n) is 6.04. The minimum absolute atomic E-state index is 0.0291. The Labute approximate surface area is 95.6 Å². The maximum atomic E-state index is 12.1. The summed E-state index contributed by atoms with van der Waals surface area (Å²) in [4.78, 5) is 24.5. The van der Waals surface area contributed by atoms with E-state index < -0.39 is 12.0 Å². The molecule has 4 heteroatoms. The summed E-state index contributed by atoms with van der Waals surface area (Å²) in [6.45, 7) is 1.80. The molecule has 0 aromatic heterocycles. The summed E-state index contributed by atoms with van der Waals surface area (Å²) in [6.07, 6.45) is 3.70. The van der Waals surface area contributed by atoms with E-state index in [0.29, 0.717) is 6.42 Å². The van der Waals surface area contributed by atoms with Crippen molar-refractivity contribution < 1.29 is 14.7 Å². The highest BCUT2D eigenvalue weighted by Crippen LogP contribution is 2.54. The molecule has 4 nitrogen and oxygen atoms in total. The van der Waals surface area contributed by atoms with Crippen molar-refractivity contribution in [3.8, 4) is 0 Å². The first-order valence-corrected chi connectivity index (χ1v) is 6.04. The van der Waals surface area contributed by atoms with E-state index in [4.69, 9.17) is 5.11 Å². The quantitative estimate of drug-likeness (QED) is 0.785. The summed E-state index contributed by atoms with van der Waals surface area (Å²) in [5.74, 6) is 0.726. The van der Waals surface area contributed by atoms with Gasteiger partial charge in [-0.25, -0.2) is 4.79 Å². The molecule has 0 radical (unpaired) electrons. The predicted molar refractivity (Wildman–Crippen MR) is 58.8 cm³/mol. The Morgan fingerprint density at radius 2 is 1.88 bits per heavy atom. The van der Waals surface area contributed by atoms with Crippen LogP contribution in [-0.4, -0.2) is 35.0 Å². The molecule has 0 saturated heterocycles. The molecule has 0 aliphatic heterocycles. The molecular weight excluding hydrogens is 206 g/mol. The molecule has 2 fully saturated rings. The third-order valence-electron chi connectivity index (χ3n) is 4.08. The zero-order chi connectivity index (χ0) is 11.9. The Morgan fingerprint density at radius 1 is 1.31 bits per heavy atom. The number of fused-ring (bicyclic) bond motifs is 1. The second-order valence-corrected chi connectivity index (χ2v) is 5.14. The van der Waals surface area contributed by atoms with Crippen molar-refractivity contribution in [3.63, 3.8) is 0 Å². The molecule has 90 valence electrons. The van der Waals surface area contributed by atoms with Gasteiger partial charge in [0.1, 0.15) is 6.04 Å². The van der Waals surface area contributed by atoms with Gasteiger partial charge in [-0.15, -0.1) is 0 Å². The molecule has 1 amide bonds. The van der Waals surface area contributed by atoms with Gasteiger partial charge in [-0.1, -0.05) is 6.92 Å². The number of carboxylic acid groups (broad SMARTS) is 1. The molecule has 0 spiro atoms. The maximum absolute atomic E-state index is 12.1. The minimum Gasteiger partial charge on any atom is -0.480 e. The molecule has 0 aromatic rings. The number of amides is 1. The number of aliphatic carboxylic acids is 1. The van der Waals surface area contributed by atoms with Crippen LogP contribution >= 0.6 is 0 Å². The molecule has 2 aliphatic rings. The molecule has 0 aromatic carbocycles. The van der Waals surface area contributed by atoms with E-state index in [-0.39, 0.29) is 11.8 Å². The maximum Gasteiger partial charge on any atom is 0.326 e. The van der Waals surface area contributed by atoms with E-state index in [1.165, 1.54) is 11.3 Å². The number of nitrogens with zero attached hydrogens (tertiary/aromatic N) is 1. The van der Waals surface area contributed by atoms with Gasteiger partial charge in [-0.2, -0.15) is 0 Å². The van der Waals surface area contributed by atoms with E-state index in [1.54, 1.807) is 14.0 Å². The molecule has 1 N–H and O–H groups in total. The van der Waals surface area contributed by atoms with Crippen LogP contribution in [0, 0.1) is 17.8 Å². The highest BCUT2D eigenvalue weighted by atomic mass is 16.4. The van der Waals surface area contributed by atoms with Gasteiger partial charge in [-0.3, -0.25) is 4.79 Å². The summed E-state index contributed by atoms with van der Waals surface area (Å²) >= 11 is 0. The number of hydrogen-bond acceptors (Lipinski definition) is 2. The summed E-state index contributed by atoms with van der Waals surface area (Å²) in [5.41, 5.74) is 0. The smallest absolute Gasteiger partial charge is 0.326 e. The second kappa shape index (κ2) is 4.07. The van der Waals surface area contributed by atoms with Crippen LogP contribution < -0.4 is 0 Å². The average molecular weight is 225 g/mol. The van der Waals surface area contributed by atoms with Crippen LogP contribution in [0.25, 0.3) is 0 Å². The molecule has 0 heterocycles. The van der Waals surface area contributed by atoms with Crippen molar-refractivity contribution in [2.24, 2.45) is 17.8 Å². The molecule has 3 atom stereocenters. The Balaban J connectivity index is 1.95. The fourth-order valence-corrected chi connectivity index (χ4v) is 2.97. The zero-order valence-electron chi connectivity index (χ0n) is 9.85. The average Bonchev–Trinajstić information content (AvgIpc) is 2.85. The summed E-state index contributed by atoms with van der Waals surface area (Å²) in [6, 6.07) is -0.663. The first kappa shape index (κ1) is 11.4. The zero-order valence-corrected chi connectivity index (χ0v) is 9.85. The molecule has 2 saturated carbocycles. The third kappa shape index (κ3) is 1.93. The van der Waals surface area contributed by atoms with Crippen LogP contribution in [0.3, 0.4) is 0 Å². The molecular formula is C12H19NO3. The van der Waals surface area contributed by atoms with Crippen molar-refractivity contribution in [3.05, 3.63) is 0 Å². The minimum atomic E-state index is -0.901. The normalized spacial score (nSPS) is 33.0. The molecule has 16 heavy (non-hydrogen) atoms. The van der Waals surface area contributed by atoms with Crippen LogP contribution in [0.4, 0.5) is 0 Å². The molecule has 2 rings (SSSR count). The number of carboxylic acids is 1. The van der Waals surface area contributed by atoms with Crippen molar-refractivity contribution in [1.82, 2.24) is 4.90 Å². The number of carbonyl (C=O) groups excluding carboxylic acids is 1. The highest BCUT2D eigenvalue weighted by Gasteiger charge is 2.49. The van der Waals surface area contributed by atoms with Gasteiger partial charge in [0.15, 0.2) is 0 Å². The lowest BCUT2D eigenvalue weighted by Gasteiger charge is -2.27. The van der Waals surface area contributed by atoms with Crippen LogP contribution in [0.2, 0.25) is 0 Å². The van der Waals surface area contributed by atoms with E-state index in [2.05, 4.69) is 0 Å². The van der Waals surface area contributed by atoms with Gasteiger partial charge < -0.3 is 10.0 Å². The van der Waals surface area contributed by atoms with Gasteiger partial charge in [0, 0.05) is 13.0 Å². The second-order valence-electron chi connectivity index (χ2n) is 5.14. The third-order valence-corrected chi connectivity index (χ3v) is 4.08. The summed E-state index contributed by atoms with van der Waals surface area (Å²) < 4.78 is 0. The number of rotatable bonds is 4. The largest absolute Gasteiger partial charge is 0.480 e. The molecule has 3 unspecified atom stereocenters. The number of likely N-dealkylation sites (N-methyl/N-ethyl adjacent to an activating group) is 1. The Bertz CT molecular complexity index is 305. The van der Waals surface area contributed by atoms with E-state index in [1.807, 2.05) is 0 Å². The van der Waals surface area contributed by atoms with Crippen molar-refractivity contribution in [1.29, 1.82) is 0 Å². The lowest BCUT2D eigenvalue weighted by molar-refractivity contribution is -0.150. The van der Waals surface area contributed by atoms with Crippen LogP contribution in [0.5, 0.6) is 0 Å². The van der Waals surface area contributed by atoms with Crippen LogP contribution in [0.15, 0.2) is 0 Å². The summed E-state index contributed by atoms with van der Waals surface area (Å²) in [5, 5.41) is 9.00. The Hall–Kier alpha value is -1.06. The molecule has 2 aliphatic carbocycles. The summed E-state index contributed by atoms with van der Waals surface area (Å²) in [7, 11) is 1.62. The van der Waals surface area contributed by atoms with E-state index in [0.717, 1.165) is 24.7 Å². The number of carbonyl (C=O) groups is 2. The SMILES string of the molecule is CCC(C(=O)O)N(C)C(=O)C1CC2CC2C1. The topological polar surface area (TPSA) is 57.6 Å². The number of hydrogen-bond donors (Lipinski definition) is 1.